The summed E-state index contributed by atoms with van der Waals surface area (Å²) >= 11 is 6.07. The lowest BCUT2D eigenvalue weighted by molar-refractivity contribution is 0.0600. The molecule has 5 nitrogen and oxygen atoms in total. The van der Waals surface area contributed by atoms with Crippen molar-refractivity contribution in [2.24, 2.45) is 0 Å². The SMILES string of the molecule is COC(=O)c1ccc(Cl)c(S(=O)(=O)N(C)Cc2ccc(C(C)C)cc2)c1. The van der Waals surface area contributed by atoms with Crippen LogP contribution in [0.1, 0.15) is 41.3 Å². The van der Waals surface area contributed by atoms with E-state index in [4.69, 9.17) is 11.6 Å². The van der Waals surface area contributed by atoms with Gasteiger partial charge >= 0.3 is 5.97 Å². The number of nitrogens with zero attached hydrogens (tertiary/aromatic N) is 1. The molecule has 0 aliphatic rings. The van der Waals surface area contributed by atoms with Crippen LogP contribution in [-0.2, 0) is 21.3 Å². The van der Waals surface area contributed by atoms with Gasteiger partial charge in [0.2, 0.25) is 10.0 Å². The van der Waals surface area contributed by atoms with Gasteiger partial charge in [0, 0.05) is 13.6 Å². The van der Waals surface area contributed by atoms with Crippen LogP contribution >= 0.6 is 11.6 Å². The fourth-order valence-corrected chi connectivity index (χ4v) is 4.12. The first kappa shape index (κ1) is 20.4. The third kappa shape index (κ3) is 4.44. The van der Waals surface area contributed by atoms with E-state index < -0.39 is 16.0 Å². The molecule has 0 heterocycles. The van der Waals surface area contributed by atoms with E-state index in [1.807, 2.05) is 24.3 Å². The van der Waals surface area contributed by atoms with E-state index in [1.54, 1.807) is 0 Å². The van der Waals surface area contributed by atoms with Crippen molar-refractivity contribution in [3.8, 4) is 0 Å². The number of sulfonamides is 1. The molecule has 0 atom stereocenters. The third-order valence-electron chi connectivity index (χ3n) is 4.09. The molecule has 0 bridgehead atoms. The number of halogens is 1. The van der Waals surface area contributed by atoms with E-state index in [1.165, 1.54) is 42.2 Å². The summed E-state index contributed by atoms with van der Waals surface area (Å²) < 4.78 is 31.6. The zero-order valence-electron chi connectivity index (χ0n) is 15.2. The smallest absolute Gasteiger partial charge is 0.337 e. The standard InChI is InChI=1S/C19H22ClNO4S/c1-13(2)15-7-5-14(6-8-15)12-21(3)26(23,24)18-11-16(19(22)25-4)9-10-17(18)20/h5-11,13H,12H2,1-4H3. The summed E-state index contributed by atoms with van der Waals surface area (Å²) in [7, 11) is -1.15. The molecule has 2 rings (SSSR count). The van der Waals surface area contributed by atoms with Gasteiger partial charge in [-0.1, -0.05) is 49.7 Å². The topological polar surface area (TPSA) is 63.7 Å². The van der Waals surface area contributed by atoms with Gasteiger partial charge < -0.3 is 4.74 Å². The highest BCUT2D eigenvalue weighted by Gasteiger charge is 2.25. The number of carbonyl (C=O) groups is 1. The van der Waals surface area contributed by atoms with Gasteiger partial charge in [0.1, 0.15) is 4.90 Å². The lowest BCUT2D eigenvalue weighted by atomic mass is 10.0. The number of carbonyl (C=O) groups excluding carboxylic acids is 1. The van der Waals surface area contributed by atoms with Crippen molar-refractivity contribution in [2.45, 2.75) is 31.2 Å². The van der Waals surface area contributed by atoms with Crippen LogP contribution in [-0.4, -0.2) is 32.8 Å². The number of ether oxygens (including phenoxy) is 1. The Bertz CT molecular complexity index is 892. The van der Waals surface area contributed by atoms with Crippen LogP contribution in [0.5, 0.6) is 0 Å². The van der Waals surface area contributed by atoms with Gasteiger partial charge in [-0.2, -0.15) is 4.31 Å². The lowest BCUT2D eigenvalue weighted by Gasteiger charge is -2.19. The van der Waals surface area contributed by atoms with Crippen LogP contribution < -0.4 is 0 Å². The average Bonchev–Trinajstić information content (AvgIpc) is 2.61. The highest BCUT2D eigenvalue weighted by atomic mass is 35.5. The molecule has 0 amide bonds. The van der Waals surface area contributed by atoms with Crippen LogP contribution in [0.15, 0.2) is 47.4 Å². The molecule has 0 aliphatic heterocycles. The monoisotopic (exact) mass is 395 g/mol. The summed E-state index contributed by atoms with van der Waals surface area (Å²) in [6.45, 7) is 4.39. The molecule has 0 saturated carbocycles. The minimum absolute atomic E-state index is 0.0552. The summed E-state index contributed by atoms with van der Waals surface area (Å²) in [5.41, 5.74) is 2.18. The summed E-state index contributed by atoms with van der Waals surface area (Å²) in [5.74, 6) is -0.213. The molecule has 2 aromatic carbocycles. The van der Waals surface area contributed by atoms with E-state index in [0.717, 1.165) is 5.56 Å². The van der Waals surface area contributed by atoms with Crippen molar-refractivity contribution in [3.05, 3.63) is 64.2 Å². The molecule has 0 N–H and O–H groups in total. The number of hydrogen-bond acceptors (Lipinski definition) is 4. The second-order valence-electron chi connectivity index (χ2n) is 6.29. The predicted molar refractivity (Wildman–Crippen MR) is 102 cm³/mol. The minimum atomic E-state index is -3.86. The van der Waals surface area contributed by atoms with Gasteiger partial charge in [0.05, 0.1) is 17.7 Å². The molecule has 0 radical (unpaired) electrons. The van der Waals surface area contributed by atoms with E-state index >= 15 is 0 Å². The van der Waals surface area contributed by atoms with E-state index in [9.17, 15) is 13.2 Å². The van der Waals surface area contributed by atoms with E-state index in [-0.39, 0.29) is 22.0 Å². The Hall–Kier alpha value is -1.89. The molecule has 0 saturated heterocycles. The van der Waals surface area contributed by atoms with Crippen LogP contribution in [0.3, 0.4) is 0 Å². The maximum Gasteiger partial charge on any atom is 0.337 e. The average molecular weight is 396 g/mol. The molecule has 2 aromatic rings. The lowest BCUT2D eigenvalue weighted by Crippen LogP contribution is -2.27. The third-order valence-corrected chi connectivity index (χ3v) is 6.38. The minimum Gasteiger partial charge on any atom is -0.465 e. The van der Waals surface area contributed by atoms with Crippen molar-refractivity contribution < 1.29 is 17.9 Å². The molecule has 26 heavy (non-hydrogen) atoms. The van der Waals surface area contributed by atoms with Crippen LogP contribution in [0, 0.1) is 0 Å². The normalized spacial score (nSPS) is 11.8. The molecule has 7 heteroatoms. The van der Waals surface area contributed by atoms with Gasteiger partial charge in [0.25, 0.3) is 0 Å². The fourth-order valence-electron chi connectivity index (χ4n) is 2.46. The molecule has 0 fully saturated rings. The highest BCUT2D eigenvalue weighted by molar-refractivity contribution is 7.89. The fraction of sp³-hybridized carbons (Fsp3) is 0.316. The number of benzene rings is 2. The van der Waals surface area contributed by atoms with Gasteiger partial charge in [-0.3, -0.25) is 0 Å². The molecule has 0 aromatic heterocycles. The van der Waals surface area contributed by atoms with E-state index in [2.05, 4.69) is 18.6 Å². The number of hydrogen-bond donors (Lipinski definition) is 0. The van der Waals surface area contributed by atoms with Crippen molar-refractivity contribution in [2.75, 3.05) is 14.2 Å². The number of rotatable bonds is 6. The van der Waals surface area contributed by atoms with Crippen molar-refractivity contribution in [1.29, 1.82) is 0 Å². The highest BCUT2D eigenvalue weighted by Crippen LogP contribution is 2.27. The molecule has 140 valence electrons. The zero-order chi connectivity index (χ0) is 19.5. The molecular weight excluding hydrogens is 374 g/mol. The Morgan fingerprint density at radius 1 is 1.15 bits per heavy atom. The first-order chi connectivity index (χ1) is 12.2. The second-order valence-corrected chi connectivity index (χ2v) is 8.71. The summed E-state index contributed by atoms with van der Waals surface area (Å²) in [6, 6.07) is 11.9. The number of methoxy groups -OCH3 is 1. The van der Waals surface area contributed by atoms with Gasteiger partial charge in [-0.25, -0.2) is 13.2 Å². The Morgan fingerprint density at radius 2 is 1.77 bits per heavy atom. The predicted octanol–water partition coefficient (Wildman–Crippen LogP) is 4.07. The zero-order valence-corrected chi connectivity index (χ0v) is 16.8. The summed E-state index contributed by atoms with van der Waals surface area (Å²) in [6.07, 6.45) is 0. The summed E-state index contributed by atoms with van der Waals surface area (Å²) in [5, 5.41) is 0.0552. The summed E-state index contributed by atoms with van der Waals surface area (Å²) in [4.78, 5) is 11.6. The molecule has 0 spiro atoms. The van der Waals surface area contributed by atoms with Crippen LogP contribution in [0.2, 0.25) is 5.02 Å². The Morgan fingerprint density at radius 3 is 2.31 bits per heavy atom. The van der Waals surface area contributed by atoms with Gasteiger partial charge in [-0.05, 0) is 35.2 Å². The maximum absolute atomic E-state index is 12.9. The Balaban J connectivity index is 2.30. The van der Waals surface area contributed by atoms with Gasteiger partial charge in [0.15, 0.2) is 0 Å². The van der Waals surface area contributed by atoms with Crippen molar-refractivity contribution in [1.82, 2.24) is 4.31 Å². The van der Waals surface area contributed by atoms with E-state index in [0.29, 0.717) is 5.92 Å². The first-order valence-corrected chi connectivity index (χ1v) is 9.91. The maximum atomic E-state index is 12.9. The molecule has 0 unspecified atom stereocenters. The van der Waals surface area contributed by atoms with Crippen molar-refractivity contribution >= 4 is 27.6 Å². The van der Waals surface area contributed by atoms with Crippen LogP contribution in [0.4, 0.5) is 0 Å². The quantitative estimate of drug-likeness (QED) is 0.691. The Labute approximate surface area is 159 Å². The number of esters is 1. The largest absolute Gasteiger partial charge is 0.465 e. The molecule has 0 aliphatic carbocycles. The van der Waals surface area contributed by atoms with Gasteiger partial charge in [-0.15, -0.1) is 0 Å². The Kier molecular flexibility index (Phi) is 6.44. The first-order valence-electron chi connectivity index (χ1n) is 8.10. The van der Waals surface area contributed by atoms with Crippen molar-refractivity contribution in [3.63, 3.8) is 0 Å². The second kappa shape index (κ2) is 8.20. The van der Waals surface area contributed by atoms with Crippen LogP contribution in [0.25, 0.3) is 0 Å². The molecular formula is C19H22ClNO4S.